The number of nitrogens with one attached hydrogen (secondary N) is 1. The van der Waals surface area contributed by atoms with E-state index in [1.807, 2.05) is 22.8 Å². The Bertz CT molecular complexity index is 957. The van der Waals surface area contributed by atoms with Crippen LogP contribution >= 0.6 is 11.8 Å². The second kappa shape index (κ2) is 10.2. The van der Waals surface area contributed by atoms with E-state index in [9.17, 15) is 4.79 Å². The third kappa shape index (κ3) is 5.68. The van der Waals surface area contributed by atoms with E-state index in [0.29, 0.717) is 24.7 Å². The second-order valence-corrected chi connectivity index (χ2v) is 7.74. The molecule has 3 aromatic rings. The number of thioether (sulfide) groups is 1. The van der Waals surface area contributed by atoms with Crippen molar-refractivity contribution < 1.29 is 9.53 Å². The van der Waals surface area contributed by atoms with E-state index in [4.69, 9.17) is 4.74 Å². The number of methoxy groups -OCH3 is 1. The van der Waals surface area contributed by atoms with Gasteiger partial charge in [0.05, 0.1) is 12.4 Å². The molecule has 0 saturated heterocycles. The smallest absolute Gasteiger partial charge is 0.230 e. The number of ether oxygens (including phenoxy) is 1. The van der Waals surface area contributed by atoms with E-state index in [1.165, 1.54) is 28.5 Å². The van der Waals surface area contributed by atoms with Gasteiger partial charge in [-0.05, 0) is 42.7 Å². The van der Waals surface area contributed by atoms with Crippen LogP contribution in [0.25, 0.3) is 5.69 Å². The van der Waals surface area contributed by atoms with Crippen LogP contribution in [0.3, 0.4) is 0 Å². The predicted octanol–water partition coefficient (Wildman–Crippen LogP) is 3.33. The largest absolute Gasteiger partial charge is 0.383 e. The Balaban J connectivity index is 1.85. The van der Waals surface area contributed by atoms with Gasteiger partial charge in [-0.2, -0.15) is 0 Å². The van der Waals surface area contributed by atoms with Crippen LogP contribution in [0, 0.1) is 13.8 Å². The van der Waals surface area contributed by atoms with Gasteiger partial charge in [-0.1, -0.05) is 48.2 Å². The number of aryl methyl sites for hydroxylation is 2. The first kappa shape index (κ1) is 21.1. The molecule has 1 aromatic heterocycles. The van der Waals surface area contributed by atoms with Crippen LogP contribution in [0.1, 0.15) is 22.5 Å². The van der Waals surface area contributed by atoms with Crippen LogP contribution in [-0.4, -0.2) is 46.7 Å². The van der Waals surface area contributed by atoms with Gasteiger partial charge in [-0.3, -0.25) is 9.36 Å². The summed E-state index contributed by atoms with van der Waals surface area (Å²) in [7, 11) is 1.61. The molecular formula is C22H26N4O2S. The lowest BCUT2D eigenvalue weighted by Crippen LogP contribution is -2.28. The van der Waals surface area contributed by atoms with Crippen LogP contribution in [0.15, 0.2) is 53.7 Å². The van der Waals surface area contributed by atoms with Gasteiger partial charge in [0, 0.05) is 25.8 Å². The normalized spacial score (nSPS) is 10.9. The quantitative estimate of drug-likeness (QED) is 0.433. The fourth-order valence-electron chi connectivity index (χ4n) is 2.88. The van der Waals surface area contributed by atoms with Crippen molar-refractivity contribution in [2.45, 2.75) is 25.4 Å². The summed E-state index contributed by atoms with van der Waals surface area (Å²) in [6.07, 6.45) is 0.668. The molecule has 1 amide bonds. The molecule has 7 heteroatoms. The zero-order valence-electron chi connectivity index (χ0n) is 17.0. The number of nitrogens with zero attached hydrogens (tertiary/aromatic N) is 3. The van der Waals surface area contributed by atoms with Crippen molar-refractivity contribution in [1.82, 2.24) is 20.1 Å². The SMILES string of the molecule is COCCNC(=O)CSc1nnc(Cc2ccccc2)n1-c1ccc(C)c(C)c1. The summed E-state index contributed by atoms with van der Waals surface area (Å²) in [4.78, 5) is 12.1. The van der Waals surface area contributed by atoms with Gasteiger partial charge in [-0.25, -0.2) is 0 Å². The Morgan fingerprint density at radius 2 is 1.90 bits per heavy atom. The van der Waals surface area contributed by atoms with E-state index in [0.717, 1.165) is 11.5 Å². The third-order valence-corrected chi connectivity index (χ3v) is 5.54. The topological polar surface area (TPSA) is 69.0 Å². The first-order valence-corrected chi connectivity index (χ1v) is 10.5. The maximum absolute atomic E-state index is 12.1. The van der Waals surface area contributed by atoms with Crippen LogP contribution in [0.4, 0.5) is 0 Å². The number of carbonyl (C=O) groups excluding carboxylic acids is 1. The Morgan fingerprint density at radius 3 is 2.62 bits per heavy atom. The van der Waals surface area contributed by atoms with Gasteiger partial charge in [-0.15, -0.1) is 10.2 Å². The minimum Gasteiger partial charge on any atom is -0.383 e. The average molecular weight is 411 g/mol. The lowest BCUT2D eigenvalue weighted by molar-refractivity contribution is -0.118. The van der Waals surface area contributed by atoms with Crippen LogP contribution in [-0.2, 0) is 16.0 Å². The maximum atomic E-state index is 12.1. The van der Waals surface area contributed by atoms with Crippen LogP contribution in [0.5, 0.6) is 0 Å². The van der Waals surface area contributed by atoms with E-state index < -0.39 is 0 Å². The van der Waals surface area contributed by atoms with Gasteiger partial charge in [0.2, 0.25) is 5.91 Å². The molecule has 6 nitrogen and oxygen atoms in total. The second-order valence-electron chi connectivity index (χ2n) is 6.80. The Morgan fingerprint density at radius 1 is 1.10 bits per heavy atom. The molecule has 152 valence electrons. The minimum atomic E-state index is -0.0497. The Labute approximate surface area is 175 Å². The molecule has 0 aliphatic rings. The van der Waals surface area contributed by atoms with Crippen molar-refractivity contribution in [1.29, 1.82) is 0 Å². The number of amides is 1. The van der Waals surface area contributed by atoms with Crippen molar-refractivity contribution in [2.24, 2.45) is 0 Å². The Kier molecular flexibility index (Phi) is 7.43. The number of carbonyl (C=O) groups is 1. The van der Waals surface area contributed by atoms with E-state index in [1.54, 1.807) is 7.11 Å². The average Bonchev–Trinajstić information content (AvgIpc) is 3.12. The summed E-state index contributed by atoms with van der Waals surface area (Å²) in [6.45, 7) is 5.18. The number of rotatable bonds is 9. The summed E-state index contributed by atoms with van der Waals surface area (Å²) >= 11 is 1.39. The monoisotopic (exact) mass is 410 g/mol. The molecule has 2 aromatic carbocycles. The van der Waals surface area contributed by atoms with Crippen molar-refractivity contribution in [3.63, 3.8) is 0 Å². The molecule has 1 N–H and O–H groups in total. The van der Waals surface area contributed by atoms with Crippen LogP contribution in [0.2, 0.25) is 0 Å². The number of aromatic nitrogens is 3. The summed E-state index contributed by atoms with van der Waals surface area (Å²) in [5.41, 5.74) is 4.61. The van der Waals surface area contributed by atoms with E-state index >= 15 is 0 Å². The molecule has 3 rings (SSSR count). The van der Waals surface area contributed by atoms with Crippen molar-refractivity contribution in [3.05, 3.63) is 71.0 Å². The molecule has 0 saturated carbocycles. The third-order valence-electron chi connectivity index (χ3n) is 4.61. The lowest BCUT2D eigenvalue weighted by atomic mass is 10.1. The molecule has 29 heavy (non-hydrogen) atoms. The summed E-state index contributed by atoms with van der Waals surface area (Å²) in [5, 5.41) is 12.4. The van der Waals surface area contributed by atoms with E-state index in [-0.39, 0.29) is 11.7 Å². The first-order chi connectivity index (χ1) is 14.1. The van der Waals surface area contributed by atoms with Gasteiger partial charge >= 0.3 is 0 Å². The zero-order chi connectivity index (χ0) is 20.6. The van der Waals surface area contributed by atoms with Gasteiger partial charge in [0.15, 0.2) is 5.16 Å². The number of hydrogen-bond acceptors (Lipinski definition) is 5. The standard InChI is InChI=1S/C22H26N4O2S/c1-16-9-10-19(13-17(16)2)26-20(14-18-7-5-4-6-8-18)24-25-22(26)29-15-21(27)23-11-12-28-3/h4-10,13H,11-12,14-15H2,1-3H3,(H,23,27). The van der Waals surface area contributed by atoms with Gasteiger partial charge in [0.25, 0.3) is 0 Å². The summed E-state index contributed by atoms with van der Waals surface area (Å²) in [6, 6.07) is 16.5. The van der Waals surface area contributed by atoms with Gasteiger partial charge < -0.3 is 10.1 Å². The molecule has 0 aliphatic heterocycles. The first-order valence-electron chi connectivity index (χ1n) is 9.52. The highest BCUT2D eigenvalue weighted by molar-refractivity contribution is 7.99. The molecule has 0 bridgehead atoms. The lowest BCUT2D eigenvalue weighted by Gasteiger charge is -2.12. The van der Waals surface area contributed by atoms with Crippen molar-refractivity contribution in [2.75, 3.05) is 26.0 Å². The molecule has 0 fully saturated rings. The summed E-state index contributed by atoms with van der Waals surface area (Å²) in [5.74, 6) is 1.07. The molecule has 0 radical (unpaired) electrons. The van der Waals surface area contributed by atoms with Gasteiger partial charge in [0.1, 0.15) is 5.82 Å². The highest BCUT2D eigenvalue weighted by atomic mass is 32.2. The van der Waals surface area contributed by atoms with Crippen LogP contribution < -0.4 is 5.32 Å². The highest BCUT2D eigenvalue weighted by Gasteiger charge is 2.16. The maximum Gasteiger partial charge on any atom is 0.230 e. The van der Waals surface area contributed by atoms with E-state index in [2.05, 4.69) is 59.7 Å². The minimum absolute atomic E-state index is 0.0497. The molecule has 0 atom stereocenters. The molecule has 1 heterocycles. The fraction of sp³-hybridized carbons (Fsp3) is 0.318. The predicted molar refractivity (Wildman–Crippen MR) is 116 cm³/mol. The molecule has 0 aliphatic carbocycles. The number of benzene rings is 2. The molecule has 0 spiro atoms. The number of hydrogen-bond donors (Lipinski definition) is 1. The summed E-state index contributed by atoms with van der Waals surface area (Å²) < 4.78 is 7.01. The fourth-order valence-corrected chi connectivity index (χ4v) is 3.69. The van der Waals surface area contributed by atoms with Crippen molar-refractivity contribution >= 4 is 17.7 Å². The molecular weight excluding hydrogens is 384 g/mol. The highest BCUT2D eigenvalue weighted by Crippen LogP contribution is 2.25. The van der Waals surface area contributed by atoms with Crippen molar-refractivity contribution in [3.8, 4) is 5.69 Å². The zero-order valence-corrected chi connectivity index (χ0v) is 17.8. The molecule has 0 unspecified atom stereocenters. The Hall–Kier alpha value is -2.64.